The summed E-state index contributed by atoms with van der Waals surface area (Å²) >= 11 is 0. The van der Waals surface area contributed by atoms with Crippen molar-refractivity contribution in [3.8, 4) is 11.5 Å². The minimum atomic E-state index is -0.253. The summed E-state index contributed by atoms with van der Waals surface area (Å²) in [6.07, 6.45) is 1.54. The van der Waals surface area contributed by atoms with Crippen LogP contribution in [0.1, 0.15) is 35.7 Å². The molecule has 1 fully saturated rings. The summed E-state index contributed by atoms with van der Waals surface area (Å²) in [4.78, 5) is 26.5. The number of esters is 1. The fourth-order valence-corrected chi connectivity index (χ4v) is 3.01. The van der Waals surface area contributed by atoms with E-state index in [0.29, 0.717) is 36.8 Å². The topological polar surface area (TPSA) is 65.1 Å². The van der Waals surface area contributed by atoms with Crippen LogP contribution in [0, 0.1) is 12.8 Å². The first-order valence-electron chi connectivity index (χ1n) is 8.20. The van der Waals surface area contributed by atoms with Gasteiger partial charge < -0.3 is 19.1 Å². The largest absolute Gasteiger partial charge is 0.496 e. The van der Waals surface area contributed by atoms with Crippen molar-refractivity contribution < 1.29 is 23.8 Å². The smallest absolute Gasteiger partial charge is 0.310 e. The number of piperidine rings is 1. The average Bonchev–Trinajstić information content (AvgIpc) is 2.61. The van der Waals surface area contributed by atoms with Gasteiger partial charge >= 0.3 is 5.97 Å². The van der Waals surface area contributed by atoms with Crippen LogP contribution < -0.4 is 9.47 Å². The lowest BCUT2D eigenvalue weighted by atomic mass is 9.97. The van der Waals surface area contributed by atoms with E-state index in [-0.39, 0.29) is 17.8 Å². The molecule has 1 aliphatic heterocycles. The first-order valence-corrected chi connectivity index (χ1v) is 8.20. The third-order valence-electron chi connectivity index (χ3n) is 4.33. The predicted octanol–water partition coefficient (Wildman–Crippen LogP) is 2.43. The number of nitrogens with zero attached hydrogens (tertiary/aromatic N) is 1. The van der Waals surface area contributed by atoms with Gasteiger partial charge in [-0.05, 0) is 38.8 Å². The lowest BCUT2D eigenvalue weighted by Crippen LogP contribution is -2.42. The Labute approximate surface area is 142 Å². The first-order chi connectivity index (χ1) is 11.5. The number of hydrogen-bond acceptors (Lipinski definition) is 5. The molecule has 0 aromatic heterocycles. The number of rotatable bonds is 5. The summed E-state index contributed by atoms with van der Waals surface area (Å²) in [7, 11) is 3.13. The maximum absolute atomic E-state index is 12.8. The van der Waals surface area contributed by atoms with Gasteiger partial charge in [0.1, 0.15) is 11.5 Å². The zero-order valence-corrected chi connectivity index (χ0v) is 14.8. The van der Waals surface area contributed by atoms with E-state index >= 15 is 0 Å². The Balaban J connectivity index is 2.20. The van der Waals surface area contributed by atoms with Gasteiger partial charge in [0.2, 0.25) is 0 Å². The molecule has 0 aliphatic carbocycles. The van der Waals surface area contributed by atoms with Gasteiger partial charge in [-0.1, -0.05) is 0 Å². The number of hydrogen-bond donors (Lipinski definition) is 0. The molecule has 0 bridgehead atoms. The van der Waals surface area contributed by atoms with Crippen molar-refractivity contribution in [3.05, 3.63) is 23.3 Å². The minimum Gasteiger partial charge on any atom is -0.496 e. The highest BCUT2D eigenvalue weighted by Crippen LogP contribution is 2.30. The van der Waals surface area contributed by atoms with E-state index in [0.717, 1.165) is 18.4 Å². The Bertz CT molecular complexity index is 588. The molecule has 2 rings (SSSR count). The second-order valence-electron chi connectivity index (χ2n) is 5.85. The third kappa shape index (κ3) is 3.80. The molecule has 1 atom stereocenters. The van der Waals surface area contributed by atoms with Crippen molar-refractivity contribution in [2.45, 2.75) is 26.7 Å². The van der Waals surface area contributed by atoms with E-state index < -0.39 is 0 Å². The molecular weight excluding hydrogens is 310 g/mol. The molecule has 132 valence electrons. The van der Waals surface area contributed by atoms with Gasteiger partial charge in [0, 0.05) is 24.2 Å². The summed E-state index contributed by atoms with van der Waals surface area (Å²) in [5, 5.41) is 0. The van der Waals surface area contributed by atoms with E-state index in [4.69, 9.17) is 14.2 Å². The second kappa shape index (κ2) is 8.04. The van der Waals surface area contributed by atoms with Crippen molar-refractivity contribution in [1.29, 1.82) is 0 Å². The highest BCUT2D eigenvalue weighted by Gasteiger charge is 2.30. The fraction of sp³-hybridized carbons (Fsp3) is 0.556. The number of ether oxygens (including phenoxy) is 3. The van der Waals surface area contributed by atoms with Crippen molar-refractivity contribution in [2.75, 3.05) is 33.9 Å². The molecule has 0 N–H and O–H groups in total. The summed E-state index contributed by atoms with van der Waals surface area (Å²) < 4.78 is 15.8. The fourth-order valence-electron chi connectivity index (χ4n) is 3.01. The lowest BCUT2D eigenvalue weighted by Gasteiger charge is -2.31. The molecule has 1 aromatic carbocycles. The molecule has 1 heterocycles. The molecule has 1 amide bonds. The molecule has 0 unspecified atom stereocenters. The van der Waals surface area contributed by atoms with Crippen LogP contribution in [-0.4, -0.2) is 50.7 Å². The molecule has 6 nitrogen and oxygen atoms in total. The van der Waals surface area contributed by atoms with Gasteiger partial charge in [-0.3, -0.25) is 9.59 Å². The predicted molar refractivity (Wildman–Crippen MR) is 89.5 cm³/mol. The van der Waals surface area contributed by atoms with Crippen LogP contribution in [0.25, 0.3) is 0 Å². The Kier molecular flexibility index (Phi) is 6.06. The zero-order valence-electron chi connectivity index (χ0n) is 14.8. The van der Waals surface area contributed by atoms with Gasteiger partial charge in [-0.2, -0.15) is 0 Å². The third-order valence-corrected chi connectivity index (χ3v) is 4.33. The Hall–Kier alpha value is -2.24. The summed E-state index contributed by atoms with van der Waals surface area (Å²) in [5.74, 6) is 0.611. The minimum absolute atomic E-state index is 0.124. The van der Waals surface area contributed by atoms with Crippen molar-refractivity contribution in [1.82, 2.24) is 4.90 Å². The Morgan fingerprint density at radius 3 is 2.38 bits per heavy atom. The van der Waals surface area contributed by atoms with Crippen molar-refractivity contribution in [3.63, 3.8) is 0 Å². The van der Waals surface area contributed by atoms with E-state index in [2.05, 4.69) is 0 Å². The number of likely N-dealkylation sites (tertiary alicyclic amines) is 1. The van der Waals surface area contributed by atoms with Crippen LogP contribution in [0.3, 0.4) is 0 Å². The van der Waals surface area contributed by atoms with Gasteiger partial charge in [-0.25, -0.2) is 0 Å². The molecule has 1 saturated heterocycles. The molecular formula is C18H25NO5. The normalized spacial score (nSPS) is 17.3. The van der Waals surface area contributed by atoms with E-state index in [1.807, 2.05) is 6.92 Å². The summed E-state index contributed by atoms with van der Waals surface area (Å²) in [6, 6.07) is 3.43. The van der Waals surface area contributed by atoms with Crippen LogP contribution in [0.2, 0.25) is 0 Å². The van der Waals surface area contributed by atoms with Gasteiger partial charge in [-0.15, -0.1) is 0 Å². The van der Waals surface area contributed by atoms with Crippen molar-refractivity contribution in [2.24, 2.45) is 5.92 Å². The SMILES string of the molecule is CCOC(=O)[C@@H]1CCCN(C(=O)c2cc(OC)c(C)c(OC)c2)C1. The van der Waals surface area contributed by atoms with Crippen LogP contribution >= 0.6 is 0 Å². The molecule has 1 aliphatic rings. The molecule has 24 heavy (non-hydrogen) atoms. The number of amides is 1. The van der Waals surface area contributed by atoms with Crippen LogP contribution in [0.5, 0.6) is 11.5 Å². The van der Waals surface area contributed by atoms with E-state index in [9.17, 15) is 9.59 Å². The van der Waals surface area contributed by atoms with Crippen LogP contribution in [0.15, 0.2) is 12.1 Å². The molecule has 0 radical (unpaired) electrons. The maximum atomic E-state index is 12.8. The van der Waals surface area contributed by atoms with Gasteiger partial charge in [0.15, 0.2) is 0 Å². The standard InChI is InChI=1S/C18H25NO5/c1-5-24-18(21)13-7-6-8-19(11-13)17(20)14-9-15(22-3)12(2)16(10-14)23-4/h9-10,13H,5-8,11H2,1-4H3/t13-/m1/s1. The first kappa shape index (κ1) is 18.1. The maximum Gasteiger partial charge on any atom is 0.310 e. The van der Waals surface area contributed by atoms with E-state index in [1.54, 1.807) is 38.2 Å². The van der Waals surface area contributed by atoms with Crippen molar-refractivity contribution >= 4 is 11.9 Å². The summed E-state index contributed by atoms with van der Waals surface area (Å²) in [6.45, 7) is 5.04. The second-order valence-corrected chi connectivity index (χ2v) is 5.85. The van der Waals surface area contributed by atoms with Gasteiger partial charge in [0.05, 0.1) is 26.7 Å². The number of carbonyl (C=O) groups is 2. The highest BCUT2D eigenvalue weighted by atomic mass is 16.5. The Morgan fingerprint density at radius 1 is 1.21 bits per heavy atom. The zero-order chi connectivity index (χ0) is 17.7. The Morgan fingerprint density at radius 2 is 1.83 bits per heavy atom. The molecule has 6 heteroatoms. The quantitative estimate of drug-likeness (QED) is 0.773. The highest BCUT2D eigenvalue weighted by molar-refractivity contribution is 5.95. The van der Waals surface area contributed by atoms with Gasteiger partial charge in [0.25, 0.3) is 5.91 Å². The molecule has 1 aromatic rings. The number of benzene rings is 1. The molecule has 0 saturated carbocycles. The lowest BCUT2D eigenvalue weighted by molar-refractivity contribution is -0.149. The van der Waals surface area contributed by atoms with Crippen LogP contribution in [0.4, 0.5) is 0 Å². The summed E-state index contributed by atoms with van der Waals surface area (Å²) in [5.41, 5.74) is 1.35. The van der Waals surface area contributed by atoms with E-state index in [1.165, 1.54) is 0 Å². The van der Waals surface area contributed by atoms with Crippen LogP contribution in [-0.2, 0) is 9.53 Å². The molecule has 0 spiro atoms. The number of carbonyl (C=O) groups excluding carboxylic acids is 2. The average molecular weight is 335 g/mol. The monoisotopic (exact) mass is 335 g/mol. The number of methoxy groups -OCH3 is 2.